The van der Waals surface area contributed by atoms with Crippen LogP contribution in [-0.4, -0.2) is 76.6 Å². The van der Waals surface area contributed by atoms with Crippen molar-refractivity contribution in [2.45, 2.75) is 60.8 Å². The number of hydrogen-bond donors (Lipinski definition) is 1. The molecule has 226 valence electrons. The molecule has 1 spiro atoms. The number of aromatic nitrogens is 3. The van der Waals surface area contributed by atoms with Gasteiger partial charge in [-0.2, -0.15) is 15.2 Å². The Kier molecular flexibility index (Phi) is 6.63. The molecule has 7 heterocycles. The van der Waals surface area contributed by atoms with E-state index in [1.165, 1.54) is 16.2 Å². The number of fused-ring (bicyclic) bond motifs is 4. The normalized spacial score (nSPS) is 25.1. The van der Waals surface area contributed by atoms with E-state index in [2.05, 4.69) is 36.7 Å². The minimum atomic E-state index is -0.850. The summed E-state index contributed by atoms with van der Waals surface area (Å²) in [4.78, 5) is 26.0. The summed E-state index contributed by atoms with van der Waals surface area (Å²) in [6.45, 7) is 12.5. The molecule has 3 aromatic rings. The van der Waals surface area contributed by atoms with Crippen molar-refractivity contribution in [3.8, 4) is 12.1 Å². The van der Waals surface area contributed by atoms with Crippen molar-refractivity contribution >= 4 is 45.4 Å². The minimum absolute atomic E-state index is 0.174. The molecule has 0 radical (unpaired) electrons. The van der Waals surface area contributed by atoms with E-state index in [0.717, 1.165) is 54.1 Å². The highest BCUT2D eigenvalue weighted by atomic mass is 32.2. The second-order valence-electron chi connectivity index (χ2n) is 12.6. The van der Waals surface area contributed by atoms with Crippen LogP contribution in [0, 0.1) is 17.9 Å². The van der Waals surface area contributed by atoms with Crippen LogP contribution in [0.2, 0.25) is 0 Å². The van der Waals surface area contributed by atoms with Gasteiger partial charge in [-0.1, -0.05) is 6.07 Å². The summed E-state index contributed by atoms with van der Waals surface area (Å²) in [5.74, 6) is 1.91. The molecule has 3 saturated heterocycles. The summed E-state index contributed by atoms with van der Waals surface area (Å²) in [5, 5.41) is 11.5. The Labute approximate surface area is 263 Å². The number of thiophene rings is 1. The van der Waals surface area contributed by atoms with Gasteiger partial charge >= 0.3 is 6.01 Å². The summed E-state index contributed by atoms with van der Waals surface area (Å²) in [7, 11) is 0. The van der Waals surface area contributed by atoms with E-state index in [0.29, 0.717) is 73.6 Å². The number of anilines is 3. The molecule has 1 aliphatic carbocycles. The Morgan fingerprint density at radius 1 is 1.23 bits per heavy atom. The SMILES string of the molecule is [C-]#[N+]c1c(N2CCSc3ncccc3C2)nc(OC[C@@]23CCCN2C[C@H](F)C3)nc1N1CC2(CCc3sc(N)c(C#N)c32)C1. The molecule has 3 aromatic heterocycles. The first kappa shape index (κ1) is 27.9. The number of rotatable bonds is 5. The molecule has 8 rings (SSSR count). The van der Waals surface area contributed by atoms with E-state index >= 15 is 0 Å². The smallest absolute Gasteiger partial charge is 0.317 e. The topological polar surface area (TPSA) is 112 Å². The highest BCUT2D eigenvalue weighted by Gasteiger charge is 2.53. The molecule has 0 amide bonds. The Bertz CT molecular complexity index is 1730. The Morgan fingerprint density at radius 2 is 2.07 bits per heavy atom. The fourth-order valence-corrected chi connectivity index (χ4v) is 10.1. The van der Waals surface area contributed by atoms with Crippen molar-refractivity contribution < 1.29 is 9.13 Å². The van der Waals surface area contributed by atoms with Crippen molar-refractivity contribution in [2.24, 2.45) is 0 Å². The minimum Gasteiger partial charge on any atom is -0.461 e. The van der Waals surface area contributed by atoms with Crippen molar-refractivity contribution in [3.05, 3.63) is 51.3 Å². The second kappa shape index (κ2) is 10.5. The zero-order valence-electron chi connectivity index (χ0n) is 24.3. The van der Waals surface area contributed by atoms with E-state index in [9.17, 15) is 9.65 Å². The van der Waals surface area contributed by atoms with Crippen LogP contribution >= 0.6 is 23.1 Å². The zero-order chi connectivity index (χ0) is 30.1. The van der Waals surface area contributed by atoms with Crippen LogP contribution in [0.4, 0.5) is 26.7 Å². The molecule has 44 heavy (non-hydrogen) atoms. The first-order chi connectivity index (χ1) is 21.4. The lowest BCUT2D eigenvalue weighted by Crippen LogP contribution is -2.59. The number of hydrogen-bond acceptors (Lipinski definition) is 11. The first-order valence-corrected chi connectivity index (χ1v) is 16.9. The molecule has 13 heteroatoms. The quantitative estimate of drug-likeness (QED) is 0.399. The number of alkyl halides is 1. The van der Waals surface area contributed by atoms with Gasteiger partial charge in [0.15, 0.2) is 0 Å². The van der Waals surface area contributed by atoms with Crippen molar-refractivity contribution in [1.29, 1.82) is 5.26 Å². The lowest BCUT2D eigenvalue weighted by atomic mass is 9.74. The van der Waals surface area contributed by atoms with Crippen molar-refractivity contribution in [2.75, 3.05) is 60.6 Å². The molecule has 0 aromatic carbocycles. The fraction of sp³-hybridized carbons (Fsp3) is 0.516. The third-order valence-corrected chi connectivity index (χ3v) is 12.2. The number of nitrogens with zero attached hydrogens (tertiary/aromatic N) is 8. The average molecular weight is 630 g/mol. The van der Waals surface area contributed by atoms with Gasteiger partial charge in [-0.3, -0.25) is 4.90 Å². The van der Waals surface area contributed by atoms with Crippen LogP contribution < -0.4 is 20.3 Å². The molecule has 2 atom stereocenters. The van der Waals surface area contributed by atoms with E-state index in [4.69, 9.17) is 27.0 Å². The van der Waals surface area contributed by atoms with Gasteiger partial charge in [0.1, 0.15) is 40.5 Å². The van der Waals surface area contributed by atoms with Gasteiger partial charge < -0.3 is 20.3 Å². The van der Waals surface area contributed by atoms with E-state index in [-0.39, 0.29) is 17.0 Å². The molecule has 2 N–H and O–H groups in total. The maximum Gasteiger partial charge on any atom is 0.317 e. The number of nitrogens with two attached hydrogens (primary N) is 1. The van der Waals surface area contributed by atoms with Gasteiger partial charge in [-0.25, -0.2) is 14.2 Å². The van der Waals surface area contributed by atoms with Gasteiger partial charge in [-0.15, -0.1) is 23.1 Å². The van der Waals surface area contributed by atoms with Gasteiger partial charge in [-0.05, 0) is 43.9 Å². The largest absolute Gasteiger partial charge is 0.461 e. The van der Waals surface area contributed by atoms with Gasteiger partial charge in [0.25, 0.3) is 5.69 Å². The molecule has 0 saturated carbocycles. The molecular formula is C31H32FN9OS2. The van der Waals surface area contributed by atoms with Crippen LogP contribution in [0.3, 0.4) is 0 Å². The summed E-state index contributed by atoms with van der Waals surface area (Å²) in [6.07, 6.45) is 5.19. The van der Waals surface area contributed by atoms with E-state index < -0.39 is 6.17 Å². The molecule has 0 bridgehead atoms. The number of nitrogen functional groups attached to an aromatic ring is 1. The van der Waals surface area contributed by atoms with Crippen LogP contribution in [0.15, 0.2) is 23.4 Å². The highest BCUT2D eigenvalue weighted by Crippen LogP contribution is 2.54. The van der Waals surface area contributed by atoms with Crippen LogP contribution in [-0.2, 0) is 18.4 Å². The maximum absolute atomic E-state index is 14.5. The Hall–Kier alpha value is -3.65. The highest BCUT2D eigenvalue weighted by molar-refractivity contribution is 7.99. The number of nitriles is 1. The van der Waals surface area contributed by atoms with E-state index in [1.54, 1.807) is 11.8 Å². The number of halogens is 1. The predicted octanol–water partition coefficient (Wildman–Crippen LogP) is 4.71. The van der Waals surface area contributed by atoms with Crippen LogP contribution in [0.1, 0.15) is 47.3 Å². The maximum atomic E-state index is 14.5. The molecule has 0 unspecified atom stereocenters. The average Bonchev–Trinajstić information content (AvgIpc) is 3.68. The first-order valence-electron chi connectivity index (χ1n) is 15.1. The summed E-state index contributed by atoms with van der Waals surface area (Å²) < 4.78 is 20.9. The zero-order valence-corrected chi connectivity index (χ0v) is 25.9. The van der Waals surface area contributed by atoms with Crippen molar-refractivity contribution in [3.63, 3.8) is 0 Å². The summed E-state index contributed by atoms with van der Waals surface area (Å²) >= 11 is 3.24. The number of aryl methyl sites for hydroxylation is 1. The standard InChI is InChI=1S/C31H32FN9OS2/c1-35-24-26(39-10-11-43-28-19(14-39)4-2-8-36-28)37-29(42-18-31-6-3-9-41(31)15-20(32)12-31)38-27(24)40-16-30(17-40)7-5-22-23(30)21(13-33)25(34)44-22/h2,4,8,20H,3,5-7,9-12,14-18,34H2/t20-,31+/m1/s1. The molecule has 5 aliphatic rings. The lowest BCUT2D eigenvalue weighted by molar-refractivity contribution is 0.107. The summed E-state index contributed by atoms with van der Waals surface area (Å²) in [5.41, 5.74) is 8.90. The van der Waals surface area contributed by atoms with Crippen LogP contribution in [0.25, 0.3) is 4.85 Å². The third-order valence-electron chi connectivity index (χ3n) is 10.0. The number of ether oxygens (including phenoxy) is 1. The number of pyridine rings is 1. The Morgan fingerprint density at radius 3 is 2.89 bits per heavy atom. The Balaban J connectivity index is 1.15. The third kappa shape index (κ3) is 4.31. The molecule has 4 aliphatic heterocycles. The predicted molar refractivity (Wildman–Crippen MR) is 169 cm³/mol. The van der Waals surface area contributed by atoms with Gasteiger partial charge in [0.05, 0.1) is 17.7 Å². The monoisotopic (exact) mass is 629 g/mol. The lowest BCUT2D eigenvalue weighted by Gasteiger charge is -2.50. The van der Waals surface area contributed by atoms with Crippen LogP contribution in [0.5, 0.6) is 6.01 Å². The number of thioether (sulfide) groups is 1. The van der Waals surface area contributed by atoms with Gasteiger partial charge in [0.2, 0.25) is 0 Å². The summed E-state index contributed by atoms with van der Waals surface area (Å²) in [6, 6.07) is 6.58. The molecular weight excluding hydrogens is 598 g/mol. The molecule has 10 nitrogen and oxygen atoms in total. The molecule has 3 fully saturated rings. The fourth-order valence-electron chi connectivity index (χ4n) is 8.03. The van der Waals surface area contributed by atoms with Crippen molar-refractivity contribution in [1.82, 2.24) is 19.9 Å². The van der Waals surface area contributed by atoms with E-state index in [1.807, 2.05) is 12.3 Å². The second-order valence-corrected chi connectivity index (χ2v) is 14.8. The van der Waals surface area contributed by atoms with Gasteiger partial charge in [0, 0.05) is 66.9 Å².